The Labute approximate surface area is 199 Å². The zero-order valence-electron chi connectivity index (χ0n) is 18.8. The van der Waals surface area contributed by atoms with Crippen LogP contribution in [0.2, 0.25) is 0 Å². The number of anilines is 2. The fourth-order valence-electron chi connectivity index (χ4n) is 5.47. The fraction of sp³-hybridized carbons (Fsp3) is 0.0625. The number of nitrogens with zero attached hydrogens (tertiary/aromatic N) is 2. The van der Waals surface area contributed by atoms with E-state index in [1.807, 2.05) is 0 Å². The molecule has 34 heavy (non-hydrogen) atoms. The summed E-state index contributed by atoms with van der Waals surface area (Å²) < 4.78 is 2.42. The second-order valence-corrected chi connectivity index (χ2v) is 9.01. The molecular formula is C32H24N2. The highest BCUT2D eigenvalue weighted by atomic mass is 15.3. The predicted molar refractivity (Wildman–Crippen MR) is 142 cm³/mol. The Morgan fingerprint density at radius 3 is 2.12 bits per heavy atom. The molecular weight excluding hydrogens is 412 g/mol. The normalized spacial score (nSPS) is 16.4. The number of aromatic nitrogens is 1. The zero-order chi connectivity index (χ0) is 22.5. The third-order valence-electron chi connectivity index (χ3n) is 7.07. The molecule has 4 aromatic carbocycles. The molecule has 0 radical (unpaired) electrons. The number of rotatable bonds is 2. The van der Waals surface area contributed by atoms with Crippen molar-refractivity contribution in [2.24, 2.45) is 0 Å². The first-order valence-electron chi connectivity index (χ1n) is 11.9. The van der Waals surface area contributed by atoms with Gasteiger partial charge < -0.3 is 0 Å². The van der Waals surface area contributed by atoms with Gasteiger partial charge in [-0.3, -0.25) is 9.47 Å². The van der Waals surface area contributed by atoms with Gasteiger partial charge in [-0.15, -0.1) is 0 Å². The number of allylic oxidation sites excluding steroid dienone is 3. The van der Waals surface area contributed by atoms with Gasteiger partial charge in [-0.05, 0) is 42.3 Å². The van der Waals surface area contributed by atoms with Crippen LogP contribution in [0.4, 0.5) is 11.5 Å². The molecule has 2 heteroatoms. The second-order valence-electron chi connectivity index (χ2n) is 9.01. The molecule has 1 aliphatic heterocycles. The van der Waals surface area contributed by atoms with Crippen molar-refractivity contribution in [1.82, 2.24) is 4.57 Å². The summed E-state index contributed by atoms with van der Waals surface area (Å²) in [5.41, 5.74) is 8.76. The average molecular weight is 437 g/mol. The van der Waals surface area contributed by atoms with Crippen molar-refractivity contribution >= 4 is 22.4 Å². The lowest BCUT2D eigenvalue weighted by atomic mass is 9.91. The first-order valence-corrected chi connectivity index (χ1v) is 11.9. The Hall–Kier alpha value is -4.30. The van der Waals surface area contributed by atoms with Crippen LogP contribution in [-0.2, 0) is 0 Å². The van der Waals surface area contributed by atoms with Gasteiger partial charge in [0, 0.05) is 28.1 Å². The molecule has 0 amide bonds. The number of hydrogen-bond donors (Lipinski definition) is 0. The molecule has 2 aliphatic rings. The molecule has 0 N–H and O–H groups in total. The number of hydrogen-bond acceptors (Lipinski definition) is 1. The van der Waals surface area contributed by atoms with Crippen molar-refractivity contribution < 1.29 is 0 Å². The van der Waals surface area contributed by atoms with Crippen molar-refractivity contribution in [3.63, 3.8) is 0 Å². The molecule has 0 bridgehead atoms. The van der Waals surface area contributed by atoms with Crippen LogP contribution in [0, 0.1) is 0 Å². The Kier molecular flexibility index (Phi) is 4.31. The van der Waals surface area contributed by atoms with Gasteiger partial charge in [0.1, 0.15) is 5.82 Å². The average Bonchev–Trinajstić information content (AvgIpc) is 3.23. The Morgan fingerprint density at radius 2 is 1.32 bits per heavy atom. The van der Waals surface area contributed by atoms with E-state index in [0.29, 0.717) is 5.92 Å². The highest BCUT2D eigenvalue weighted by molar-refractivity contribution is 5.97. The first-order chi connectivity index (χ1) is 16.9. The van der Waals surface area contributed by atoms with Crippen LogP contribution in [-0.4, -0.2) is 4.57 Å². The molecule has 1 aromatic heterocycles. The third kappa shape index (κ3) is 2.89. The van der Waals surface area contributed by atoms with E-state index in [9.17, 15) is 0 Å². The smallest absolute Gasteiger partial charge is 0.123 e. The van der Waals surface area contributed by atoms with Crippen LogP contribution in [0.15, 0.2) is 133 Å². The van der Waals surface area contributed by atoms with E-state index in [4.69, 9.17) is 0 Å². The maximum Gasteiger partial charge on any atom is 0.123 e. The van der Waals surface area contributed by atoms with Crippen molar-refractivity contribution in [2.75, 3.05) is 4.90 Å². The summed E-state index contributed by atoms with van der Waals surface area (Å²) in [5, 5.41) is 1.25. The van der Waals surface area contributed by atoms with Crippen molar-refractivity contribution in [2.45, 2.75) is 12.3 Å². The molecule has 7 rings (SSSR count). The summed E-state index contributed by atoms with van der Waals surface area (Å²) in [5.74, 6) is 1.59. The standard InChI is InChI=1S/C32H24N2/c1-2-10-23(11-3-1)24-18-20-26(21-19-24)33-30-16-8-5-13-27(30)28-14-6-9-17-31(28)34-29-15-7-4-12-25(29)22-32(33)34/h1-18,20-22,24H,19H2. The Bertz CT molecular complexity index is 1590. The minimum atomic E-state index is 0.412. The molecule has 1 unspecified atom stereocenters. The maximum atomic E-state index is 2.44. The topological polar surface area (TPSA) is 8.17 Å². The van der Waals surface area contributed by atoms with E-state index in [0.717, 1.165) is 6.42 Å². The van der Waals surface area contributed by atoms with Gasteiger partial charge in [-0.25, -0.2) is 0 Å². The van der Waals surface area contributed by atoms with Crippen molar-refractivity contribution in [1.29, 1.82) is 0 Å². The Morgan fingerprint density at radius 1 is 0.647 bits per heavy atom. The van der Waals surface area contributed by atoms with E-state index in [2.05, 4.69) is 137 Å². The Balaban J connectivity index is 1.45. The van der Waals surface area contributed by atoms with Crippen LogP contribution in [0.1, 0.15) is 17.9 Å². The minimum Gasteiger partial charge on any atom is -0.296 e. The predicted octanol–water partition coefficient (Wildman–Crippen LogP) is 8.38. The highest BCUT2D eigenvalue weighted by Gasteiger charge is 2.28. The second kappa shape index (κ2) is 7.64. The molecule has 0 saturated heterocycles. The van der Waals surface area contributed by atoms with Gasteiger partial charge in [0.05, 0.1) is 16.9 Å². The van der Waals surface area contributed by atoms with E-state index < -0.39 is 0 Å². The van der Waals surface area contributed by atoms with E-state index in [-0.39, 0.29) is 0 Å². The summed E-state index contributed by atoms with van der Waals surface area (Å²) in [7, 11) is 0. The summed E-state index contributed by atoms with van der Waals surface area (Å²) in [4.78, 5) is 2.44. The van der Waals surface area contributed by atoms with Crippen LogP contribution in [0.25, 0.3) is 27.7 Å². The van der Waals surface area contributed by atoms with Crippen LogP contribution >= 0.6 is 0 Å². The molecule has 5 aromatic rings. The third-order valence-corrected chi connectivity index (χ3v) is 7.07. The van der Waals surface area contributed by atoms with Crippen LogP contribution in [0.5, 0.6) is 0 Å². The quantitative estimate of drug-likeness (QED) is 0.270. The maximum absolute atomic E-state index is 2.44. The summed E-state index contributed by atoms with van der Waals surface area (Å²) in [6.45, 7) is 0. The lowest BCUT2D eigenvalue weighted by molar-refractivity contribution is 0.838. The number of benzene rings is 4. The van der Waals surface area contributed by atoms with Gasteiger partial charge >= 0.3 is 0 Å². The monoisotopic (exact) mass is 436 g/mol. The molecule has 1 atom stereocenters. The van der Waals surface area contributed by atoms with Gasteiger partial charge in [-0.1, -0.05) is 97.1 Å². The largest absolute Gasteiger partial charge is 0.296 e. The first kappa shape index (κ1) is 19.2. The van der Waals surface area contributed by atoms with Gasteiger partial charge in [0.15, 0.2) is 0 Å². The molecule has 2 heterocycles. The number of para-hydroxylation sites is 3. The highest BCUT2D eigenvalue weighted by Crippen LogP contribution is 2.47. The summed E-state index contributed by atoms with van der Waals surface area (Å²) >= 11 is 0. The van der Waals surface area contributed by atoms with E-state index in [1.54, 1.807) is 0 Å². The molecule has 162 valence electrons. The molecule has 0 spiro atoms. The van der Waals surface area contributed by atoms with Crippen LogP contribution < -0.4 is 4.90 Å². The fourth-order valence-corrected chi connectivity index (χ4v) is 5.47. The van der Waals surface area contributed by atoms with E-state index >= 15 is 0 Å². The molecule has 2 nitrogen and oxygen atoms in total. The van der Waals surface area contributed by atoms with Crippen molar-refractivity contribution in [3.05, 3.63) is 139 Å². The molecule has 1 aliphatic carbocycles. The molecule has 0 fully saturated rings. The number of fused-ring (bicyclic) bond motifs is 7. The van der Waals surface area contributed by atoms with Gasteiger partial charge in [0.25, 0.3) is 0 Å². The lowest BCUT2D eigenvalue weighted by Crippen LogP contribution is -2.19. The summed E-state index contributed by atoms with van der Waals surface area (Å²) in [6, 6.07) is 39.3. The summed E-state index contributed by atoms with van der Waals surface area (Å²) in [6.07, 6.45) is 8.04. The van der Waals surface area contributed by atoms with Crippen LogP contribution in [0.3, 0.4) is 0 Å². The zero-order valence-corrected chi connectivity index (χ0v) is 18.8. The lowest BCUT2D eigenvalue weighted by Gasteiger charge is -2.29. The molecule has 0 saturated carbocycles. The minimum absolute atomic E-state index is 0.412. The van der Waals surface area contributed by atoms with Crippen molar-refractivity contribution in [3.8, 4) is 16.8 Å². The van der Waals surface area contributed by atoms with Gasteiger partial charge in [-0.2, -0.15) is 0 Å². The van der Waals surface area contributed by atoms with E-state index in [1.165, 1.54) is 50.5 Å². The SMILES string of the molecule is C1=CC(c2ccccc2)CC=C1N1c2ccccc2-c2ccccc2-n2c1cc1ccccc12. The van der Waals surface area contributed by atoms with Gasteiger partial charge in [0.2, 0.25) is 0 Å².